The summed E-state index contributed by atoms with van der Waals surface area (Å²) in [5, 5.41) is 3.41. The van der Waals surface area contributed by atoms with E-state index in [2.05, 4.69) is 0 Å². The predicted molar refractivity (Wildman–Crippen MR) is 137 cm³/mol. The van der Waals surface area contributed by atoms with Gasteiger partial charge in [-0.2, -0.15) is 8.61 Å². The number of nitrogens with zero attached hydrogens (tertiary/aromatic N) is 2. The van der Waals surface area contributed by atoms with E-state index in [1.54, 1.807) is 37.1 Å². The van der Waals surface area contributed by atoms with Crippen molar-refractivity contribution in [2.45, 2.75) is 27.0 Å². The molecule has 0 amide bonds. The summed E-state index contributed by atoms with van der Waals surface area (Å²) in [5.41, 5.74) is 0.973. The van der Waals surface area contributed by atoms with E-state index in [-0.39, 0.29) is 23.1 Å². The van der Waals surface area contributed by atoms with Crippen LogP contribution in [0, 0.1) is 0 Å². The molecule has 37 heavy (non-hydrogen) atoms. The number of sulfonamides is 2. The zero-order valence-corrected chi connectivity index (χ0v) is 23.8. The molecule has 0 aliphatic carbocycles. The summed E-state index contributed by atoms with van der Waals surface area (Å²) in [6.07, 6.45) is 1.23. The molecule has 0 atom stereocenters. The summed E-state index contributed by atoms with van der Waals surface area (Å²) in [5.74, 6) is -1.05. The van der Waals surface area contributed by atoms with E-state index in [4.69, 9.17) is 18.9 Å². The van der Waals surface area contributed by atoms with Crippen molar-refractivity contribution in [2.75, 3.05) is 66.8 Å². The molecule has 0 bridgehead atoms. The number of Topliss-reactive ketones (excluding diaryl/α,β-unsaturated/α-hetero) is 1. The van der Waals surface area contributed by atoms with E-state index in [9.17, 15) is 21.6 Å². The number of ketones is 1. The standard InChI is InChI=1S/C12H17NO5S2.C10H13NO4S2/c1-16-5-2-4-13-9-12(17-6-7-18-12)10-3-8-19-11(10)20(13,14)15;1-15-5-2-4-11-7-9(12)8-3-6-16-10(8)17(11,13)14/h3,8H,2,4-7,9H2,1H3;3,6H,2,4-5,7H2,1H3. The molecule has 11 nitrogen and oxygen atoms in total. The second-order valence-electron chi connectivity index (χ2n) is 8.49. The van der Waals surface area contributed by atoms with Crippen molar-refractivity contribution in [1.29, 1.82) is 0 Å². The summed E-state index contributed by atoms with van der Waals surface area (Å²) in [6.45, 7) is 2.86. The van der Waals surface area contributed by atoms with Crippen LogP contribution < -0.4 is 0 Å². The molecule has 0 aromatic carbocycles. The fourth-order valence-corrected chi connectivity index (χ4v) is 10.4. The number of rotatable bonds is 8. The van der Waals surface area contributed by atoms with Crippen molar-refractivity contribution in [2.24, 2.45) is 0 Å². The number of hydrogen-bond acceptors (Lipinski definition) is 11. The highest BCUT2D eigenvalue weighted by molar-refractivity contribution is 7.91. The van der Waals surface area contributed by atoms with Gasteiger partial charge in [-0.05, 0) is 35.7 Å². The first-order valence-corrected chi connectivity index (χ1v) is 16.3. The molecule has 2 aromatic rings. The van der Waals surface area contributed by atoms with Crippen LogP contribution in [0.25, 0.3) is 0 Å². The minimum atomic E-state index is -3.48. The second-order valence-corrected chi connectivity index (χ2v) is 14.6. The smallest absolute Gasteiger partial charge is 0.253 e. The lowest BCUT2D eigenvalue weighted by Crippen LogP contribution is -2.49. The monoisotopic (exact) mass is 594 g/mol. The Balaban J connectivity index is 0.000000176. The van der Waals surface area contributed by atoms with Gasteiger partial charge >= 0.3 is 0 Å². The lowest BCUT2D eigenvalue weighted by atomic mass is 10.1. The third-order valence-corrected chi connectivity index (χ3v) is 12.7. The molecule has 0 N–H and O–H groups in total. The minimum absolute atomic E-state index is 0.0597. The molecule has 1 saturated heterocycles. The molecule has 1 fully saturated rings. The van der Waals surface area contributed by atoms with E-state index in [0.717, 1.165) is 11.3 Å². The van der Waals surface area contributed by atoms with Gasteiger partial charge in [0, 0.05) is 51.6 Å². The highest BCUT2D eigenvalue weighted by Crippen LogP contribution is 2.44. The van der Waals surface area contributed by atoms with Crippen molar-refractivity contribution in [3.05, 3.63) is 34.0 Å². The summed E-state index contributed by atoms with van der Waals surface area (Å²) in [6, 6.07) is 3.36. The third kappa shape index (κ3) is 5.71. The summed E-state index contributed by atoms with van der Waals surface area (Å²) in [7, 11) is -3.76. The van der Waals surface area contributed by atoms with Gasteiger partial charge in [-0.25, -0.2) is 16.8 Å². The van der Waals surface area contributed by atoms with E-state index >= 15 is 0 Å². The van der Waals surface area contributed by atoms with Crippen LogP contribution in [-0.2, 0) is 44.8 Å². The Kier molecular flexibility index (Phi) is 9.21. The summed E-state index contributed by atoms with van der Waals surface area (Å²) >= 11 is 2.31. The maximum absolute atomic E-state index is 12.6. The number of carbonyl (C=O) groups is 1. The summed E-state index contributed by atoms with van der Waals surface area (Å²) < 4.78 is 74.0. The molecule has 0 saturated carbocycles. The largest absolute Gasteiger partial charge is 0.385 e. The zero-order chi connectivity index (χ0) is 26.7. The van der Waals surface area contributed by atoms with E-state index in [1.165, 1.54) is 19.9 Å². The van der Waals surface area contributed by atoms with Crippen LogP contribution in [0.1, 0.15) is 28.8 Å². The zero-order valence-electron chi connectivity index (χ0n) is 20.6. The first-order valence-electron chi connectivity index (χ1n) is 11.6. The van der Waals surface area contributed by atoms with Crippen molar-refractivity contribution in [3.8, 4) is 0 Å². The van der Waals surface area contributed by atoms with Gasteiger partial charge in [-0.1, -0.05) is 0 Å². The number of hydrogen-bond donors (Lipinski definition) is 0. The van der Waals surface area contributed by atoms with Gasteiger partial charge in [-0.3, -0.25) is 4.79 Å². The topological polar surface area (TPSA) is 129 Å². The molecule has 3 aliphatic heterocycles. The normalized spacial score (nSPS) is 21.8. The average Bonchev–Trinajstić information content (AvgIpc) is 3.63. The number of thiophene rings is 2. The Morgan fingerprint density at radius 3 is 2.11 bits per heavy atom. The van der Waals surface area contributed by atoms with Crippen LogP contribution in [0.15, 0.2) is 31.3 Å². The van der Waals surface area contributed by atoms with Crippen LogP contribution in [0.5, 0.6) is 0 Å². The van der Waals surface area contributed by atoms with Crippen LogP contribution >= 0.6 is 22.7 Å². The first kappa shape index (κ1) is 28.7. The number of ether oxygens (including phenoxy) is 4. The first-order chi connectivity index (χ1) is 17.7. The van der Waals surface area contributed by atoms with Gasteiger partial charge in [-0.15, -0.1) is 22.7 Å². The molecule has 2 aromatic heterocycles. The molecular weight excluding hydrogens is 565 g/mol. The van der Waals surface area contributed by atoms with Crippen LogP contribution in [0.3, 0.4) is 0 Å². The molecule has 206 valence electrons. The molecule has 15 heteroatoms. The molecule has 0 radical (unpaired) electrons. The average molecular weight is 595 g/mol. The highest BCUT2D eigenvalue weighted by atomic mass is 32.3. The Morgan fingerprint density at radius 1 is 0.892 bits per heavy atom. The summed E-state index contributed by atoms with van der Waals surface area (Å²) in [4.78, 5) is 11.7. The molecule has 5 rings (SSSR count). The lowest BCUT2D eigenvalue weighted by molar-refractivity contribution is -0.175. The Bertz CT molecular complexity index is 1300. The van der Waals surface area contributed by atoms with Crippen LogP contribution in [-0.4, -0.2) is 98.1 Å². The van der Waals surface area contributed by atoms with Crippen molar-refractivity contribution >= 4 is 48.5 Å². The van der Waals surface area contributed by atoms with Crippen molar-refractivity contribution in [3.63, 3.8) is 0 Å². The molecular formula is C22H30N2O9S4. The Labute approximate surface area is 225 Å². The maximum atomic E-state index is 12.6. The molecule has 5 heterocycles. The van der Waals surface area contributed by atoms with E-state index < -0.39 is 25.8 Å². The van der Waals surface area contributed by atoms with Gasteiger partial charge in [0.05, 0.1) is 26.3 Å². The van der Waals surface area contributed by atoms with E-state index in [0.29, 0.717) is 67.7 Å². The predicted octanol–water partition coefficient (Wildman–Crippen LogP) is 1.96. The maximum Gasteiger partial charge on any atom is 0.253 e. The SMILES string of the molecule is COCCCN1CC(=O)c2ccsc2S1(=O)=O.COCCCN1CC2(OCCO2)c2ccsc2S1(=O)=O. The molecule has 0 unspecified atom stereocenters. The third-order valence-electron chi connectivity index (χ3n) is 6.09. The van der Waals surface area contributed by atoms with Crippen LogP contribution in [0.2, 0.25) is 0 Å². The van der Waals surface area contributed by atoms with Crippen molar-refractivity contribution < 1.29 is 40.6 Å². The fraction of sp³-hybridized carbons (Fsp3) is 0.591. The Morgan fingerprint density at radius 2 is 1.46 bits per heavy atom. The number of fused-ring (bicyclic) bond motifs is 3. The second kappa shape index (κ2) is 11.9. The van der Waals surface area contributed by atoms with E-state index in [1.807, 2.05) is 0 Å². The van der Waals surface area contributed by atoms with Crippen LogP contribution in [0.4, 0.5) is 0 Å². The van der Waals surface area contributed by atoms with Gasteiger partial charge in [0.1, 0.15) is 8.42 Å². The van der Waals surface area contributed by atoms with Gasteiger partial charge in [0.15, 0.2) is 5.78 Å². The highest BCUT2D eigenvalue weighted by Gasteiger charge is 2.51. The number of carbonyl (C=O) groups excluding carboxylic acids is 1. The Hall–Kier alpha value is -1.27. The lowest BCUT2D eigenvalue weighted by Gasteiger charge is -2.37. The van der Waals surface area contributed by atoms with Gasteiger partial charge in [0.2, 0.25) is 5.79 Å². The minimum Gasteiger partial charge on any atom is -0.385 e. The molecule has 1 spiro atoms. The van der Waals surface area contributed by atoms with Crippen molar-refractivity contribution in [1.82, 2.24) is 8.61 Å². The molecule has 3 aliphatic rings. The van der Waals surface area contributed by atoms with Gasteiger partial charge in [0.25, 0.3) is 20.0 Å². The number of methoxy groups -OCH3 is 2. The fourth-order valence-electron chi connectivity index (χ4n) is 4.32. The van der Waals surface area contributed by atoms with Gasteiger partial charge < -0.3 is 18.9 Å². The quantitative estimate of drug-likeness (QED) is 0.421.